The van der Waals surface area contributed by atoms with Crippen molar-refractivity contribution in [3.63, 3.8) is 0 Å². The fourth-order valence-electron chi connectivity index (χ4n) is 3.21. The third kappa shape index (κ3) is 8.09. The molecule has 0 aliphatic carbocycles. The summed E-state index contributed by atoms with van der Waals surface area (Å²) in [7, 11) is 0. The first-order valence-electron chi connectivity index (χ1n) is 10.8. The average molecular weight is 371 g/mol. The highest BCUT2D eigenvalue weighted by molar-refractivity contribution is 6.00. The van der Waals surface area contributed by atoms with E-state index in [1.54, 1.807) is 0 Å². The molecule has 0 spiro atoms. The lowest BCUT2D eigenvalue weighted by molar-refractivity contribution is -0.178. The molecule has 0 N–H and O–H groups in total. The standard InChI is InChI=1S/C22H42O4/c1-7-11-12-13-14-15-16-17-25-20(23)22(9-3,10-4)21(24)26-19(8-2)18(5)6/h18-19H,7-17H2,1-6H3. The van der Waals surface area contributed by atoms with Gasteiger partial charge in [-0.2, -0.15) is 0 Å². The van der Waals surface area contributed by atoms with Gasteiger partial charge in [0.15, 0.2) is 5.41 Å². The zero-order valence-corrected chi connectivity index (χ0v) is 18.1. The zero-order chi connectivity index (χ0) is 20.0. The fraction of sp³-hybridized carbons (Fsp3) is 0.909. The number of rotatable bonds is 15. The molecular weight excluding hydrogens is 328 g/mol. The predicted octanol–water partition coefficient (Wildman–Crippen LogP) is 6.06. The van der Waals surface area contributed by atoms with E-state index in [2.05, 4.69) is 6.92 Å². The number of hydrogen-bond acceptors (Lipinski definition) is 4. The Hall–Kier alpha value is -1.06. The van der Waals surface area contributed by atoms with Crippen molar-refractivity contribution in [1.82, 2.24) is 0 Å². The monoisotopic (exact) mass is 370 g/mol. The summed E-state index contributed by atoms with van der Waals surface area (Å²) < 4.78 is 11.1. The maximum Gasteiger partial charge on any atom is 0.323 e. The van der Waals surface area contributed by atoms with E-state index in [0.717, 1.165) is 19.3 Å². The molecule has 4 nitrogen and oxygen atoms in total. The van der Waals surface area contributed by atoms with Gasteiger partial charge in [-0.05, 0) is 31.6 Å². The molecule has 0 rings (SSSR count). The molecule has 0 aliphatic heterocycles. The van der Waals surface area contributed by atoms with Gasteiger partial charge in [0.1, 0.15) is 6.10 Å². The maximum atomic E-state index is 12.8. The summed E-state index contributed by atoms with van der Waals surface area (Å²) in [5.74, 6) is -0.608. The first kappa shape index (κ1) is 24.9. The minimum atomic E-state index is -1.16. The van der Waals surface area contributed by atoms with Gasteiger partial charge >= 0.3 is 11.9 Å². The van der Waals surface area contributed by atoms with Crippen LogP contribution in [0, 0.1) is 11.3 Å². The van der Waals surface area contributed by atoms with Crippen molar-refractivity contribution in [2.24, 2.45) is 11.3 Å². The van der Waals surface area contributed by atoms with Crippen LogP contribution in [-0.2, 0) is 19.1 Å². The Balaban J connectivity index is 4.52. The lowest BCUT2D eigenvalue weighted by Crippen LogP contribution is -2.43. The van der Waals surface area contributed by atoms with Crippen LogP contribution in [0.25, 0.3) is 0 Å². The molecule has 154 valence electrons. The van der Waals surface area contributed by atoms with E-state index in [1.165, 1.54) is 32.1 Å². The molecule has 0 bridgehead atoms. The van der Waals surface area contributed by atoms with Crippen LogP contribution >= 0.6 is 0 Å². The van der Waals surface area contributed by atoms with Crippen molar-refractivity contribution in [2.45, 2.75) is 112 Å². The SMILES string of the molecule is CCCCCCCCCOC(=O)C(CC)(CC)C(=O)OC(CC)C(C)C. The molecule has 1 atom stereocenters. The molecule has 4 heteroatoms. The summed E-state index contributed by atoms with van der Waals surface area (Å²) in [4.78, 5) is 25.4. The van der Waals surface area contributed by atoms with E-state index in [9.17, 15) is 9.59 Å². The molecule has 0 saturated carbocycles. The van der Waals surface area contributed by atoms with Crippen LogP contribution in [0.4, 0.5) is 0 Å². The summed E-state index contributed by atoms with van der Waals surface area (Å²) in [6.07, 6.45) is 9.59. The number of carbonyl (C=O) groups excluding carboxylic acids is 2. The van der Waals surface area contributed by atoms with E-state index in [0.29, 0.717) is 19.4 Å². The van der Waals surface area contributed by atoms with Crippen molar-refractivity contribution in [3.8, 4) is 0 Å². The first-order valence-corrected chi connectivity index (χ1v) is 10.8. The fourth-order valence-corrected chi connectivity index (χ4v) is 3.21. The molecular formula is C22H42O4. The molecule has 0 aromatic heterocycles. The highest BCUT2D eigenvalue weighted by Gasteiger charge is 2.46. The molecule has 1 unspecified atom stereocenters. The highest BCUT2D eigenvalue weighted by Crippen LogP contribution is 2.31. The second-order valence-electron chi connectivity index (χ2n) is 7.64. The third-order valence-electron chi connectivity index (χ3n) is 5.37. The normalized spacial score (nSPS) is 12.9. The van der Waals surface area contributed by atoms with Crippen LogP contribution in [-0.4, -0.2) is 24.6 Å². The van der Waals surface area contributed by atoms with Gasteiger partial charge in [-0.15, -0.1) is 0 Å². The lowest BCUT2D eigenvalue weighted by Gasteiger charge is -2.30. The van der Waals surface area contributed by atoms with E-state index in [1.807, 2.05) is 34.6 Å². The van der Waals surface area contributed by atoms with E-state index >= 15 is 0 Å². The second kappa shape index (κ2) is 14.1. The minimum absolute atomic E-state index is 0.157. The van der Waals surface area contributed by atoms with E-state index in [4.69, 9.17) is 9.47 Å². The molecule has 0 amide bonds. The maximum absolute atomic E-state index is 12.8. The van der Waals surface area contributed by atoms with Gasteiger partial charge < -0.3 is 9.47 Å². The van der Waals surface area contributed by atoms with Crippen LogP contribution in [0.5, 0.6) is 0 Å². The number of esters is 2. The number of carbonyl (C=O) groups is 2. The van der Waals surface area contributed by atoms with E-state index in [-0.39, 0.29) is 12.0 Å². The summed E-state index contributed by atoms with van der Waals surface area (Å²) in [5, 5.41) is 0. The van der Waals surface area contributed by atoms with Gasteiger partial charge in [-0.1, -0.05) is 80.1 Å². The smallest absolute Gasteiger partial charge is 0.323 e. The van der Waals surface area contributed by atoms with Gasteiger partial charge in [-0.25, -0.2) is 0 Å². The zero-order valence-electron chi connectivity index (χ0n) is 18.1. The quantitative estimate of drug-likeness (QED) is 0.200. The Kier molecular flexibility index (Phi) is 13.5. The van der Waals surface area contributed by atoms with Gasteiger partial charge in [0.2, 0.25) is 0 Å². The molecule has 0 fully saturated rings. The Labute approximate surface area is 161 Å². The summed E-state index contributed by atoms with van der Waals surface area (Å²) >= 11 is 0. The largest absolute Gasteiger partial charge is 0.465 e. The van der Waals surface area contributed by atoms with Gasteiger partial charge in [0.05, 0.1) is 6.61 Å². The second-order valence-corrected chi connectivity index (χ2v) is 7.64. The molecule has 0 aromatic rings. The van der Waals surface area contributed by atoms with Gasteiger partial charge in [-0.3, -0.25) is 9.59 Å². The number of unbranched alkanes of at least 4 members (excludes halogenated alkanes) is 6. The highest BCUT2D eigenvalue weighted by atomic mass is 16.6. The minimum Gasteiger partial charge on any atom is -0.465 e. The number of ether oxygens (including phenoxy) is 2. The van der Waals surface area contributed by atoms with Gasteiger partial charge in [0, 0.05) is 0 Å². The molecule has 0 heterocycles. The van der Waals surface area contributed by atoms with Crippen molar-refractivity contribution >= 4 is 11.9 Å². The third-order valence-corrected chi connectivity index (χ3v) is 5.37. The van der Waals surface area contributed by atoms with Crippen LogP contribution in [0.15, 0.2) is 0 Å². The van der Waals surface area contributed by atoms with Crippen molar-refractivity contribution in [2.75, 3.05) is 6.61 Å². The Morgan fingerprint density at radius 2 is 1.35 bits per heavy atom. The summed E-state index contributed by atoms with van der Waals surface area (Å²) in [6, 6.07) is 0. The average Bonchev–Trinajstić information content (AvgIpc) is 2.63. The lowest BCUT2D eigenvalue weighted by atomic mass is 9.82. The topological polar surface area (TPSA) is 52.6 Å². The first-order chi connectivity index (χ1) is 12.4. The van der Waals surface area contributed by atoms with Crippen LogP contribution in [0.2, 0.25) is 0 Å². The summed E-state index contributed by atoms with van der Waals surface area (Å²) in [5.41, 5.74) is -1.16. The van der Waals surface area contributed by atoms with Crippen LogP contribution < -0.4 is 0 Å². The molecule has 0 radical (unpaired) electrons. The van der Waals surface area contributed by atoms with E-state index < -0.39 is 17.4 Å². The summed E-state index contributed by atoms with van der Waals surface area (Å²) in [6.45, 7) is 12.4. The van der Waals surface area contributed by atoms with Crippen LogP contribution in [0.1, 0.15) is 106 Å². The Bertz CT molecular complexity index is 386. The van der Waals surface area contributed by atoms with Crippen molar-refractivity contribution in [1.29, 1.82) is 0 Å². The molecule has 0 aromatic carbocycles. The van der Waals surface area contributed by atoms with Crippen molar-refractivity contribution < 1.29 is 19.1 Å². The molecule has 0 aliphatic rings. The Morgan fingerprint density at radius 3 is 1.81 bits per heavy atom. The van der Waals surface area contributed by atoms with Crippen LogP contribution in [0.3, 0.4) is 0 Å². The predicted molar refractivity (Wildman–Crippen MR) is 107 cm³/mol. The number of hydrogen-bond donors (Lipinski definition) is 0. The molecule has 0 saturated heterocycles. The molecule has 26 heavy (non-hydrogen) atoms. The van der Waals surface area contributed by atoms with Gasteiger partial charge in [0.25, 0.3) is 0 Å². The Morgan fingerprint density at radius 1 is 0.808 bits per heavy atom. The van der Waals surface area contributed by atoms with Crippen molar-refractivity contribution in [3.05, 3.63) is 0 Å².